The first-order chi connectivity index (χ1) is 13.5. The number of hydrogen-bond donors (Lipinski definition) is 0. The summed E-state index contributed by atoms with van der Waals surface area (Å²) < 4.78 is 12.6. The lowest BCUT2D eigenvalue weighted by molar-refractivity contribution is 0.414. The molecular formula is C21H19N3O3S. The Bertz CT molecular complexity index is 1210. The van der Waals surface area contributed by atoms with Gasteiger partial charge in [0.2, 0.25) is 0 Å². The van der Waals surface area contributed by atoms with E-state index in [-0.39, 0.29) is 5.63 Å². The molecule has 4 rings (SSSR count). The zero-order valence-electron chi connectivity index (χ0n) is 15.8. The fraction of sp³-hybridized carbons (Fsp3) is 0.190. The van der Waals surface area contributed by atoms with Gasteiger partial charge in [0.25, 0.3) is 0 Å². The van der Waals surface area contributed by atoms with Gasteiger partial charge in [-0.05, 0) is 54.8 Å². The molecule has 0 aliphatic carbocycles. The summed E-state index contributed by atoms with van der Waals surface area (Å²) in [6.45, 7) is 4.06. The molecule has 0 aliphatic heterocycles. The van der Waals surface area contributed by atoms with E-state index in [2.05, 4.69) is 23.2 Å². The molecule has 2 heterocycles. The third-order valence-electron chi connectivity index (χ3n) is 4.65. The lowest BCUT2D eigenvalue weighted by Crippen LogP contribution is -2.01. The largest absolute Gasteiger partial charge is 0.497 e. The Hall–Kier alpha value is -3.06. The standard InChI is InChI=1S/C21H19N3O3S/c1-13-7-18-15(9-20(25)27-19(18)8-14(13)2)11-28-21-23-22-12-24(21)16-5-4-6-17(10-16)26-3/h4-10,12H,11H2,1-3H3. The van der Waals surface area contributed by atoms with Crippen molar-refractivity contribution < 1.29 is 9.15 Å². The molecule has 0 radical (unpaired) electrons. The number of aromatic nitrogens is 3. The fourth-order valence-electron chi connectivity index (χ4n) is 3.00. The Morgan fingerprint density at radius 1 is 1.14 bits per heavy atom. The van der Waals surface area contributed by atoms with Crippen LogP contribution in [0.1, 0.15) is 16.7 Å². The lowest BCUT2D eigenvalue weighted by atomic mass is 10.0. The van der Waals surface area contributed by atoms with E-state index in [1.54, 1.807) is 19.5 Å². The molecule has 0 unspecified atom stereocenters. The summed E-state index contributed by atoms with van der Waals surface area (Å²) in [4.78, 5) is 12.0. The van der Waals surface area contributed by atoms with Gasteiger partial charge in [0.05, 0.1) is 12.8 Å². The number of rotatable bonds is 5. The minimum absolute atomic E-state index is 0.347. The highest BCUT2D eigenvalue weighted by Crippen LogP contribution is 2.29. The molecule has 0 atom stereocenters. The van der Waals surface area contributed by atoms with E-state index in [4.69, 9.17) is 9.15 Å². The highest BCUT2D eigenvalue weighted by Gasteiger charge is 2.12. The van der Waals surface area contributed by atoms with Crippen LogP contribution in [-0.4, -0.2) is 21.9 Å². The fourth-order valence-corrected chi connectivity index (χ4v) is 3.92. The molecule has 0 spiro atoms. The monoisotopic (exact) mass is 393 g/mol. The highest BCUT2D eigenvalue weighted by molar-refractivity contribution is 7.98. The predicted molar refractivity (Wildman–Crippen MR) is 109 cm³/mol. The molecule has 0 aliphatic rings. The first kappa shape index (κ1) is 18.3. The van der Waals surface area contributed by atoms with Crippen molar-refractivity contribution in [2.24, 2.45) is 0 Å². The number of benzene rings is 2. The summed E-state index contributed by atoms with van der Waals surface area (Å²) in [5.41, 5.74) is 4.35. The van der Waals surface area contributed by atoms with Crippen LogP contribution < -0.4 is 10.4 Å². The minimum atomic E-state index is -0.347. The lowest BCUT2D eigenvalue weighted by Gasteiger charge is -2.10. The SMILES string of the molecule is COc1cccc(-n2cnnc2SCc2cc(=O)oc3cc(C)c(C)cc23)c1. The number of methoxy groups -OCH3 is 1. The van der Waals surface area contributed by atoms with Crippen molar-refractivity contribution >= 4 is 22.7 Å². The van der Waals surface area contributed by atoms with Crippen molar-refractivity contribution in [1.29, 1.82) is 0 Å². The molecular weight excluding hydrogens is 374 g/mol. The van der Waals surface area contributed by atoms with Crippen molar-refractivity contribution in [2.75, 3.05) is 7.11 Å². The van der Waals surface area contributed by atoms with Gasteiger partial charge in [0, 0.05) is 23.3 Å². The van der Waals surface area contributed by atoms with Crippen molar-refractivity contribution in [3.63, 3.8) is 0 Å². The van der Waals surface area contributed by atoms with Crippen LogP contribution in [0, 0.1) is 13.8 Å². The van der Waals surface area contributed by atoms with E-state index >= 15 is 0 Å². The quantitative estimate of drug-likeness (QED) is 0.372. The van der Waals surface area contributed by atoms with Crippen LogP contribution in [0.5, 0.6) is 5.75 Å². The number of fused-ring (bicyclic) bond motifs is 1. The average Bonchev–Trinajstić information content (AvgIpc) is 3.16. The van der Waals surface area contributed by atoms with Gasteiger partial charge in [-0.1, -0.05) is 17.8 Å². The van der Waals surface area contributed by atoms with Crippen molar-refractivity contribution in [3.05, 3.63) is 75.9 Å². The van der Waals surface area contributed by atoms with Crippen molar-refractivity contribution in [1.82, 2.24) is 14.8 Å². The van der Waals surface area contributed by atoms with E-state index in [9.17, 15) is 4.79 Å². The van der Waals surface area contributed by atoms with E-state index in [1.807, 2.05) is 41.8 Å². The molecule has 0 saturated heterocycles. The number of aryl methyl sites for hydroxylation is 2. The van der Waals surface area contributed by atoms with Crippen LogP contribution in [0.4, 0.5) is 0 Å². The van der Waals surface area contributed by atoms with Gasteiger partial charge in [-0.2, -0.15) is 0 Å². The Kier molecular flexibility index (Phi) is 4.92. The summed E-state index contributed by atoms with van der Waals surface area (Å²) in [6.07, 6.45) is 1.67. The van der Waals surface area contributed by atoms with Gasteiger partial charge in [-0.15, -0.1) is 10.2 Å². The van der Waals surface area contributed by atoms with E-state index < -0.39 is 0 Å². The predicted octanol–water partition coefficient (Wildman–Crippen LogP) is 4.29. The van der Waals surface area contributed by atoms with Crippen LogP contribution in [0.25, 0.3) is 16.7 Å². The second-order valence-electron chi connectivity index (χ2n) is 6.50. The summed E-state index contributed by atoms with van der Waals surface area (Å²) in [5.74, 6) is 1.34. The number of ether oxygens (including phenoxy) is 1. The van der Waals surface area contributed by atoms with Gasteiger partial charge in [0.15, 0.2) is 5.16 Å². The Labute approximate surface area is 166 Å². The molecule has 0 saturated carbocycles. The summed E-state index contributed by atoms with van der Waals surface area (Å²) >= 11 is 1.52. The molecule has 7 heteroatoms. The van der Waals surface area contributed by atoms with Crippen LogP contribution in [0.3, 0.4) is 0 Å². The smallest absolute Gasteiger partial charge is 0.336 e. The first-order valence-corrected chi connectivity index (χ1v) is 9.75. The van der Waals surface area contributed by atoms with Crippen LogP contribution in [-0.2, 0) is 5.75 Å². The maximum absolute atomic E-state index is 12.0. The summed E-state index contributed by atoms with van der Waals surface area (Å²) in [6, 6.07) is 13.2. The zero-order valence-corrected chi connectivity index (χ0v) is 16.6. The van der Waals surface area contributed by atoms with E-state index in [0.717, 1.165) is 38.7 Å². The average molecular weight is 393 g/mol. The second kappa shape index (κ2) is 7.52. The second-order valence-corrected chi connectivity index (χ2v) is 7.44. The summed E-state index contributed by atoms with van der Waals surface area (Å²) in [5, 5.41) is 9.96. The van der Waals surface area contributed by atoms with Crippen molar-refractivity contribution in [3.8, 4) is 11.4 Å². The van der Waals surface area contributed by atoms with Gasteiger partial charge in [0.1, 0.15) is 17.7 Å². The van der Waals surface area contributed by atoms with Crippen LogP contribution >= 0.6 is 11.8 Å². The Balaban J connectivity index is 1.67. The molecule has 0 fully saturated rings. The molecule has 0 bridgehead atoms. The van der Waals surface area contributed by atoms with Gasteiger partial charge >= 0.3 is 5.63 Å². The molecule has 2 aromatic heterocycles. The highest BCUT2D eigenvalue weighted by atomic mass is 32.2. The van der Waals surface area contributed by atoms with Crippen LogP contribution in [0.15, 0.2) is 63.2 Å². The Morgan fingerprint density at radius 3 is 2.79 bits per heavy atom. The van der Waals surface area contributed by atoms with Crippen LogP contribution in [0.2, 0.25) is 0 Å². The summed E-state index contributed by atoms with van der Waals surface area (Å²) in [7, 11) is 1.64. The zero-order chi connectivity index (χ0) is 19.7. The third kappa shape index (κ3) is 3.53. The van der Waals surface area contributed by atoms with Crippen molar-refractivity contribution in [2.45, 2.75) is 24.8 Å². The molecule has 0 N–H and O–H groups in total. The third-order valence-corrected chi connectivity index (χ3v) is 5.64. The normalized spacial score (nSPS) is 11.1. The minimum Gasteiger partial charge on any atom is -0.497 e. The molecule has 28 heavy (non-hydrogen) atoms. The maximum atomic E-state index is 12.0. The van der Waals surface area contributed by atoms with E-state index in [0.29, 0.717) is 11.3 Å². The van der Waals surface area contributed by atoms with Gasteiger partial charge < -0.3 is 9.15 Å². The Morgan fingerprint density at radius 2 is 1.96 bits per heavy atom. The molecule has 2 aromatic carbocycles. The number of nitrogens with zero attached hydrogens (tertiary/aromatic N) is 3. The molecule has 6 nitrogen and oxygen atoms in total. The number of hydrogen-bond acceptors (Lipinski definition) is 6. The van der Waals surface area contributed by atoms with Gasteiger partial charge in [-0.25, -0.2) is 4.79 Å². The number of thioether (sulfide) groups is 1. The topological polar surface area (TPSA) is 70.2 Å². The molecule has 4 aromatic rings. The first-order valence-electron chi connectivity index (χ1n) is 8.76. The van der Waals surface area contributed by atoms with Gasteiger partial charge in [-0.3, -0.25) is 4.57 Å². The molecule has 142 valence electrons. The van der Waals surface area contributed by atoms with E-state index in [1.165, 1.54) is 11.8 Å². The molecule has 0 amide bonds. The maximum Gasteiger partial charge on any atom is 0.336 e.